The van der Waals surface area contributed by atoms with Gasteiger partial charge in [0.1, 0.15) is 8.07 Å². The van der Waals surface area contributed by atoms with Crippen molar-refractivity contribution in [2.75, 3.05) is 27.2 Å². The van der Waals surface area contributed by atoms with Crippen LogP contribution in [0.1, 0.15) is 48.9 Å². The molecular weight excluding hydrogens is 1070 g/mol. The van der Waals surface area contributed by atoms with E-state index in [0.29, 0.717) is 25.3 Å². The van der Waals surface area contributed by atoms with Gasteiger partial charge in [-0.1, -0.05) is 48.6 Å². The van der Waals surface area contributed by atoms with E-state index in [2.05, 4.69) is 164 Å². The molecule has 2 fully saturated rings. The Hall–Kier alpha value is 1.11. The van der Waals surface area contributed by atoms with Crippen LogP contribution in [0.4, 0.5) is 0 Å². The number of halogens is 5. The molecule has 2 saturated heterocycles. The zero-order valence-electron chi connectivity index (χ0n) is 22.9. The Morgan fingerprint density at radius 2 is 1.49 bits per heavy atom. The van der Waals surface area contributed by atoms with Gasteiger partial charge in [-0.3, -0.25) is 19.6 Å². The molecule has 5 nitrogen and oxygen atoms in total. The predicted molar refractivity (Wildman–Crippen MR) is 200 cm³/mol. The maximum absolute atomic E-state index is 11.5. The van der Waals surface area contributed by atoms with Crippen LogP contribution in [0, 0.1) is 0 Å². The number of H-pyrrole nitrogens is 1. The first-order valence-corrected chi connectivity index (χ1v) is 34.8. The van der Waals surface area contributed by atoms with Gasteiger partial charge in [0.15, 0.2) is 5.43 Å². The van der Waals surface area contributed by atoms with Crippen LogP contribution in [0.5, 0.6) is 0 Å². The van der Waals surface area contributed by atoms with Crippen LogP contribution in [0.2, 0.25) is 13.1 Å². The molecule has 2 aliphatic rings. The van der Waals surface area contributed by atoms with Crippen molar-refractivity contribution in [2.24, 2.45) is 0 Å². The SMILES string of the molecule is CN1CCC[C@H]1c1c[nH]ccc1=O.CN1CCC[C@H]1c1cnccc1[Si](C)(C)c1ccccc1.II.I[I-]I. The summed E-state index contributed by atoms with van der Waals surface area (Å²) in [4.78, 5) is 23.6. The average Bonchev–Trinajstić information content (AvgIpc) is 3.59. The summed E-state index contributed by atoms with van der Waals surface area (Å²) >= 11 is 9.54. The van der Waals surface area contributed by atoms with E-state index in [1.807, 2.05) is 12.4 Å². The molecule has 3 aromatic rings. The van der Waals surface area contributed by atoms with Crippen LogP contribution >= 0.6 is 74.5 Å². The summed E-state index contributed by atoms with van der Waals surface area (Å²) in [6.45, 7) is 7.21. The standard InChI is InChI=1S/C18H24N2Si.C10H14N2O.I3.I2/c1-20-13-7-10-17(20)16-14-19-12-11-18(16)21(2,3)15-8-5-4-6-9-15;1-12-6-2-3-9(12)8-7-11-5-4-10(8)13;1-3-2;1-2/h4-6,8-9,11-12,14,17H,7,10,13H2,1-3H3;4-5,7,9H,2-3,6H2,1H3,(H,11,13);;/q;;-1;/t17-;9-;;/m00../s1. The number of pyridine rings is 2. The average molecular weight is 1110 g/mol. The van der Waals surface area contributed by atoms with Crippen molar-refractivity contribution in [3.63, 3.8) is 0 Å². The number of rotatable bonds is 4. The second-order valence-electron chi connectivity index (χ2n) is 10.2. The number of aromatic amines is 1. The molecule has 0 saturated carbocycles. The normalized spacial score (nSPS) is 19.3. The number of benzene rings is 1. The zero-order chi connectivity index (χ0) is 28.8. The summed E-state index contributed by atoms with van der Waals surface area (Å²) in [5.41, 5.74) is 2.51. The van der Waals surface area contributed by atoms with Gasteiger partial charge < -0.3 is 4.98 Å². The summed E-state index contributed by atoms with van der Waals surface area (Å²) in [5, 5.41) is 3.04. The molecule has 11 heteroatoms. The summed E-state index contributed by atoms with van der Waals surface area (Å²) in [7, 11) is 2.65. The molecule has 0 aliphatic carbocycles. The molecule has 4 heterocycles. The van der Waals surface area contributed by atoms with Crippen LogP contribution in [-0.4, -0.2) is 55.0 Å². The molecule has 0 amide bonds. The van der Waals surface area contributed by atoms with Crippen molar-refractivity contribution in [1.29, 1.82) is 0 Å². The van der Waals surface area contributed by atoms with E-state index in [4.69, 9.17) is 0 Å². The number of nitrogens with zero attached hydrogens (tertiary/aromatic N) is 3. The Morgan fingerprint density at radius 1 is 0.923 bits per heavy atom. The quantitative estimate of drug-likeness (QED) is 0.312. The van der Waals surface area contributed by atoms with Crippen LogP contribution in [0.3, 0.4) is 0 Å². The summed E-state index contributed by atoms with van der Waals surface area (Å²) < 4.78 is 0. The first kappa shape index (κ1) is 36.3. The van der Waals surface area contributed by atoms with Crippen molar-refractivity contribution in [2.45, 2.75) is 50.9 Å². The minimum atomic E-state index is -1.66. The van der Waals surface area contributed by atoms with Gasteiger partial charge in [0.05, 0.1) is 0 Å². The molecule has 0 bridgehead atoms. The third kappa shape index (κ3) is 10.6. The second-order valence-corrected chi connectivity index (χ2v) is 30.9. The van der Waals surface area contributed by atoms with Gasteiger partial charge in [-0.15, -0.1) is 0 Å². The molecule has 5 rings (SSSR count). The van der Waals surface area contributed by atoms with E-state index in [1.165, 1.54) is 36.6 Å². The number of hydrogen-bond donors (Lipinski definition) is 1. The van der Waals surface area contributed by atoms with E-state index in [9.17, 15) is 4.79 Å². The van der Waals surface area contributed by atoms with Crippen LogP contribution in [-0.2, 0) is 0 Å². The van der Waals surface area contributed by atoms with Crippen LogP contribution in [0.15, 0.2) is 72.0 Å². The zero-order valence-corrected chi connectivity index (χ0v) is 34.7. The van der Waals surface area contributed by atoms with Crippen molar-refractivity contribution in [3.05, 3.63) is 88.6 Å². The van der Waals surface area contributed by atoms with Crippen molar-refractivity contribution in [1.82, 2.24) is 19.8 Å². The summed E-state index contributed by atoms with van der Waals surface area (Å²) in [6.07, 6.45) is 12.4. The Kier molecular flexibility index (Phi) is 18.1. The fraction of sp³-hybridized carbons (Fsp3) is 0.429. The van der Waals surface area contributed by atoms with Crippen LogP contribution < -0.4 is 29.1 Å². The summed E-state index contributed by atoms with van der Waals surface area (Å²) in [5.74, 6) is 0. The van der Waals surface area contributed by atoms with E-state index < -0.39 is 8.07 Å². The second kappa shape index (κ2) is 19.4. The number of likely N-dealkylation sites (tertiary alicyclic amines) is 2. The Balaban J connectivity index is 0.000000253. The molecule has 39 heavy (non-hydrogen) atoms. The third-order valence-corrected chi connectivity index (χ3v) is 11.2. The van der Waals surface area contributed by atoms with Crippen LogP contribution in [0.25, 0.3) is 0 Å². The topological polar surface area (TPSA) is 52.2 Å². The van der Waals surface area contributed by atoms with Crippen molar-refractivity contribution >= 4 is 92.9 Å². The van der Waals surface area contributed by atoms with Crippen molar-refractivity contribution in [3.8, 4) is 0 Å². The molecule has 2 aromatic heterocycles. The Morgan fingerprint density at radius 3 is 2.00 bits per heavy atom. The fourth-order valence-electron chi connectivity index (χ4n) is 5.55. The third-order valence-electron chi connectivity index (χ3n) is 7.63. The minimum absolute atomic E-state index is 0.150. The van der Waals surface area contributed by atoms with E-state index in [-0.39, 0.29) is 5.43 Å². The number of hydrogen-bond acceptors (Lipinski definition) is 4. The maximum atomic E-state index is 11.5. The van der Waals surface area contributed by atoms with Gasteiger partial charge in [0, 0.05) is 85.7 Å². The molecule has 1 aromatic carbocycles. The van der Waals surface area contributed by atoms with E-state index in [1.54, 1.807) is 17.4 Å². The number of aromatic nitrogens is 2. The van der Waals surface area contributed by atoms with Gasteiger partial charge in [-0.2, -0.15) is 0 Å². The first-order chi connectivity index (χ1) is 18.8. The molecule has 2 aliphatic heterocycles. The van der Waals surface area contributed by atoms with Gasteiger partial charge in [-0.05, 0) is 69.7 Å². The van der Waals surface area contributed by atoms with E-state index >= 15 is 0 Å². The fourth-order valence-corrected chi connectivity index (χ4v) is 8.33. The predicted octanol–water partition coefficient (Wildman–Crippen LogP) is 4.36. The van der Waals surface area contributed by atoms with Gasteiger partial charge in [0.25, 0.3) is 0 Å². The van der Waals surface area contributed by atoms with Crippen molar-refractivity contribution < 1.29 is 13.3 Å². The van der Waals surface area contributed by atoms with Gasteiger partial charge in [-0.25, -0.2) is 0 Å². The van der Waals surface area contributed by atoms with Gasteiger partial charge in [0.2, 0.25) is 0 Å². The monoisotopic (exact) mass is 1110 g/mol. The molecule has 0 radical (unpaired) electrons. The molecule has 2 atom stereocenters. The molecule has 0 unspecified atom stereocenters. The molecular formula is C28H38I5N4OSi-. The van der Waals surface area contributed by atoms with Gasteiger partial charge >= 0.3 is 50.5 Å². The first-order valence-electron chi connectivity index (χ1n) is 12.9. The van der Waals surface area contributed by atoms with E-state index in [0.717, 1.165) is 18.5 Å². The Labute approximate surface area is 288 Å². The molecule has 1 N–H and O–H groups in total. The number of nitrogens with one attached hydrogen (secondary N) is 1. The summed E-state index contributed by atoms with van der Waals surface area (Å²) in [6, 6.07) is 15.7. The molecule has 0 spiro atoms. The molecule has 216 valence electrons. The Bertz CT molecular complexity index is 1170.